The van der Waals surface area contributed by atoms with Crippen molar-refractivity contribution in [1.82, 2.24) is 10.2 Å². The Labute approximate surface area is 252 Å². The number of carbonyl (C=O) groups is 4. The summed E-state index contributed by atoms with van der Waals surface area (Å²) in [7, 11) is 1.26. The maximum atomic E-state index is 13.2. The van der Waals surface area contributed by atoms with Gasteiger partial charge in [-0.15, -0.1) is 0 Å². The van der Waals surface area contributed by atoms with Gasteiger partial charge in [0, 0.05) is 10.7 Å². The minimum absolute atomic E-state index is 0.0239. The number of benzene rings is 2. The van der Waals surface area contributed by atoms with Crippen molar-refractivity contribution >= 4 is 35.4 Å². The number of fused-ring (bicyclic) bond motifs is 1. The summed E-state index contributed by atoms with van der Waals surface area (Å²) in [5, 5.41) is 3.45. The van der Waals surface area contributed by atoms with Crippen LogP contribution in [0.5, 0.6) is 0 Å². The summed E-state index contributed by atoms with van der Waals surface area (Å²) in [6.07, 6.45) is 0. The number of methoxy groups -OCH3 is 1. The van der Waals surface area contributed by atoms with Crippen molar-refractivity contribution in [2.75, 3.05) is 33.5 Å². The number of nitrogens with one attached hydrogen (secondary N) is 1. The van der Waals surface area contributed by atoms with Crippen LogP contribution in [-0.2, 0) is 23.8 Å². The molecule has 0 aromatic heterocycles. The predicted octanol–water partition coefficient (Wildman–Crippen LogP) is 5.66. The molecule has 2 aromatic carbocycles. The molecule has 42 heavy (non-hydrogen) atoms. The summed E-state index contributed by atoms with van der Waals surface area (Å²) in [6.45, 7) is 11.5. The Balaban J connectivity index is 0.00000148. The quantitative estimate of drug-likeness (QED) is 0.224. The van der Waals surface area contributed by atoms with Crippen LogP contribution in [0.25, 0.3) is 0 Å². The van der Waals surface area contributed by atoms with Crippen LogP contribution in [0.15, 0.2) is 71.1 Å². The van der Waals surface area contributed by atoms with E-state index in [0.29, 0.717) is 33.1 Å². The highest BCUT2D eigenvalue weighted by molar-refractivity contribution is 6.31. The predicted molar refractivity (Wildman–Crippen MR) is 161 cm³/mol. The molecule has 0 saturated heterocycles. The third-order valence-corrected chi connectivity index (χ3v) is 6.69. The van der Waals surface area contributed by atoms with Crippen molar-refractivity contribution in [1.29, 1.82) is 0 Å². The van der Waals surface area contributed by atoms with Gasteiger partial charge >= 0.3 is 11.9 Å². The summed E-state index contributed by atoms with van der Waals surface area (Å²) < 4.78 is 16.2. The molecule has 2 heterocycles. The molecule has 0 spiro atoms. The first-order valence-corrected chi connectivity index (χ1v) is 14.4. The van der Waals surface area contributed by atoms with Gasteiger partial charge in [-0.3, -0.25) is 14.5 Å². The number of hydrogen-bond acceptors (Lipinski definition) is 8. The number of esters is 2. The lowest BCUT2D eigenvalue weighted by atomic mass is 9.80. The van der Waals surface area contributed by atoms with E-state index < -0.39 is 17.9 Å². The molecule has 0 fully saturated rings. The van der Waals surface area contributed by atoms with E-state index >= 15 is 0 Å². The minimum atomic E-state index is -0.869. The molecular formula is C32H39ClN2O7. The summed E-state index contributed by atoms with van der Waals surface area (Å²) in [5.74, 6) is -2.88. The molecule has 1 N–H and O–H groups in total. The van der Waals surface area contributed by atoms with Crippen molar-refractivity contribution in [2.45, 2.75) is 47.5 Å². The summed E-state index contributed by atoms with van der Waals surface area (Å²) in [6, 6.07) is 13.5. The Hall–Kier alpha value is -3.95. The number of hydrogen-bond donors (Lipinski definition) is 1. The van der Waals surface area contributed by atoms with Gasteiger partial charge in [0.1, 0.15) is 0 Å². The first-order valence-electron chi connectivity index (χ1n) is 14.0. The van der Waals surface area contributed by atoms with Crippen molar-refractivity contribution in [3.8, 4) is 0 Å². The molecule has 1 unspecified atom stereocenters. The molecule has 0 aliphatic carbocycles. The third-order valence-electron chi connectivity index (χ3n) is 6.35. The highest BCUT2D eigenvalue weighted by Crippen LogP contribution is 2.41. The normalized spacial score (nSPS) is 15.6. The van der Waals surface area contributed by atoms with Crippen molar-refractivity contribution < 1.29 is 33.4 Å². The Morgan fingerprint density at radius 3 is 2.02 bits per heavy atom. The number of dihydropyridines is 1. The van der Waals surface area contributed by atoms with E-state index in [1.807, 2.05) is 27.7 Å². The first-order chi connectivity index (χ1) is 20.3. The van der Waals surface area contributed by atoms with Crippen LogP contribution >= 0.6 is 11.6 Å². The second-order valence-corrected chi connectivity index (χ2v) is 8.99. The van der Waals surface area contributed by atoms with Gasteiger partial charge in [0.2, 0.25) is 0 Å². The molecule has 226 valence electrons. The van der Waals surface area contributed by atoms with Crippen LogP contribution in [0, 0.1) is 0 Å². The van der Waals surface area contributed by atoms with Gasteiger partial charge in [0.15, 0.2) is 0 Å². The lowest BCUT2D eigenvalue weighted by Gasteiger charge is -2.31. The molecule has 10 heteroatoms. The van der Waals surface area contributed by atoms with E-state index in [-0.39, 0.29) is 49.3 Å². The van der Waals surface area contributed by atoms with Crippen LogP contribution in [0.2, 0.25) is 5.02 Å². The van der Waals surface area contributed by atoms with E-state index in [4.69, 9.17) is 25.8 Å². The lowest BCUT2D eigenvalue weighted by molar-refractivity contribution is -0.139. The molecule has 4 rings (SSSR count). The second-order valence-electron chi connectivity index (χ2n) is 8.58. The second kappa shape index (κ2) is 16.5. The highest BCUT2D eigenvalue weighted by atomic mass is 35.5. The number of carbonyl (C=O) groups excluding carboxylic acids is 4. The van der Waals surface area contributed by atoms with Crippen LogP contribution in [0.1, 0.15) is 73.7 Å². The number of rotatable bonds is 9. The zero-order chi connectivity index (χ0) is 31.4. The van der Waals surface area contributed by atoms with Crippen molar-refractivity contribution in [2.24, 2.45) is 0 Å². The third kappa shape index (κ3) is 7.27. The fourth-order valence-electron chi connectivity index (χ4n) is 4.63. The Bertz CT molecular complexity index is 1330. The molecule has 0 saturated carbocycles. The molecule has 1 atom stereocenters. The van der Waals surface area contributed by atoms with Gasteiger partial charge in [0.05, 0.1) is 67.4 Å². The van der Waals surface area contributed by atoms with E-state index in [9.17, 15) is 19.2 Å². The van der Waals surface area contributed by atoms with Gasteiger partial charge < -0.3 is 19.5 Å². The smallest absolute Gasteiger partial charge is 0.336 e. The lowest BCUT2D eigenvalue weighted by Crippen LogP contribution is -2.36. The Kier molecular flexibility index (Phi) is 13.4. The SMILES string of the molecule is CC.CC.CCOC(=O)C1=C(COCCN2C(=O)c3ccccc3C2=O)NC(C)=C(C(=O)OC)C1c1ccccc1Cl. The zero-order valence-electron chi connectivity index (χ0n) is 25.2. The van der Waals surface area contributed by atoms with Crippen molar-refractivity contribution in [3.05, 3.63) is 92.8 Å². The molecule has 0 radical (unpaired) electrons. The highest BCUT2D eigenvalue weighted by Gasteiger charge is 2.40. The molecule has 2 aromatic rings. The van der Waals surface area contributed by atoms with Gasteiger partial charge in [-0.1, -0.05) is 69.6 Å². The number of ether oxygens (including phenoxy) is 3. The van der Waals surface area contributed by atoms with Crippen molar-refractivity contribution in [3.63, 3.8) is 0 Å². The number of amides is 2. The van der Waals surface area contributed by atoms with E-state index in [0.717, 1.165) is 4.90 Å². The number of imide groups is 1. The van der Waals surface area contributed by atoms with E-state index in [1.165, 1.54) is 7.11 Å². The molecule has 2 aliphatic heterocycles. The van der Waals surface area contributed by atoms with Crippen LogP contribution < -0.4 is 5.32 Å². The van der Waals surface area contributed by atoms with Crippen LogP contribution in [0.4, 0.5) is 0 Å². The van der Waals surface area contributed by atoms with Gasteiger partial charge in [0.25, 0.3) is 11.8 Å². The largest absolute Gasteiger partial charge is 0.466 e. The maximum Gasteiger partial charge on any atom is 0.336 e. The number of nitrogens with zero attached hydrogens (tertiary/aromatic N) is 1. The average Bonchev–Trinajstić information content (AvgIpc) is 3.25. The zero-order valence-corrected chi connectivity index (χ0v) is 26.0. The Morgan fingerprint density at radius 2 is 1.48 bits per heavy atom. The van der Waals surface area contributed by atoms with E-state index in [1.54, 1.807) is 62.4 Å². The number of allylic oxidation sites excluding steroid dienone is 1. The van der Waals surface area contributed by atoms with Gasteiger partial charge in [-0.2, -0.15) is 0 Å². The summed E-state index contributed by atoms with van der Waals surface area (Å²) >= 11 is 6.51. The summed E-state index contributed by atoms with van der Waals surface area (Å²) in [4.78, 5) is 52.4. The molecule has 2 amide bonds. The van der Waals surface area contributed by atoms with Crippen LogP contribution in [-0.4, -0.2) is 62.1 Å². The van der Waals surface area contributed by atoms with E-state index in [2.05, 4.69) is 5.32 Å². The molecular weight excluding hydrogens is 560 g/mol. The average molecular weight is 599 g/mol. The molecule has 9 nitrogen and oxygen atoms in total. The standard InChI is InChI=1S/C28H27ClN2O7.2C2H6/c1-4-38-28(35)24-21(15-37-14-13-31-25(32)17-9-5-6-10-18(17)26(31)33)30-16(2)22(27(34)36-3)23(24)19-11-7-8-12-20(19)29;2*1-2/h5-12,23,30H,4,13-15H2,1-3H3;2*1-2H3. The maximum absolute atomic E-state index is 13.2. The van der Waals surface area contributed by atoms with Gasteiger partial charge in [-0.05, 0) is 37.6 Å². The van der Waals surface area contributed by atoms with Gasteiger partial charge in [-0.25, -0.2) is 9.59 Å². The fourth-order valence-corrected chi connectivity index (χ4v) is 4.88. The topological polar surface area (TPSA) is 111 Å². The monoisotopic (exact) mass is 598 g/mol. The first kappa shape index (κ1) is 34.3. The number of halogens is 1. The van der Waals surface area contributed by atoms with Crippen LogP contribution in [0.3, 0.4) is 0 Å². The molecule has 0 bridgehead atoms. The molecule has 2 aliphatic rings. The fraction of sp³-hybridized carbons (Fsp3) is 0.375. The minimum Gasteiger partial charge on any atom is -0.466 e. The Morgan fingerprint density at radius 1 is 0.905 bits per heavy atom. The summed E-state index contributed by atoms with van der Waals surface area (Å²) in [5.41, 5.74) is 2.47.